The zero-order chi connectivity index (χ0) is 14.6. The van der Waals surface area contributed by atoms with E-state index in [1.54, 1.807) is 6.92 Å². The van der Waals surface area contributed by atoms with Crippen molar-refractivity contribution in [2.45, 2.75) is 45.5 Å². The van der Waals surface area contributed by atoms with Crippen molar-refractivity contribution < 1.29 is 4.79 Å². The van der Waals surface area contributed by atoms with Gasteiger partial charge in [-0.05, 0) is 60.3 Å². The lowest BCUT2D eigenvalue weighted by Crippen LogP contribution is -2.14. The van der Waals surface area contributed by atoms with Gasteiger partial charge in [-0.3, -0.25) is 4.79 Å². The summed E-state index contributed by atoms with van der Waals surface area (Å²) >= 11 is 5.89. The van der Waals surface area contributed by atoms with Crippen LogP contribution in [0.2, 0.25) is 0 Å². The van der Waals surface area contributed by atoms with Crippen LogP contribution in [0.25, 0.3) is 0 Å². The first kappa shape index (κ1) is 16.3. The molecule has 1 atom stereocenters. The molecule has 108 valence electrons. The molecule has 0 amide bonds. The summed E-state index contributed by atoms with van der Waals surface area (Å²) in [6.07, 6.45) is 2.29. The average molecular weight is 285 g/mol. The van der Waals surface area contributed by atoms with E-state index in [0.29, 0.717) is 0 Å². The minimum absolute atomic E-state index is 0.0225. The van der Waals surface area contributed by atoms with Crippen LogP contribution < -0.4 is 0 Å². The van der Waals surface area contributed by atoms with Crippen LogP contribution in [0, 0.1) is 13.8 Å². The molecule has 0 fully saturated rings. The first-order chi connectivity index (χ1) is 8.84. The Labute approximate surface area is 121 Å². The molecule has 19 heavy (non-hydrogen) atoms. The molecule has 0 bridgehead atoms. The highest BCUT2D eigenvalue weighted by Gasteiger charge is 2.18. The van der Waals surface area contributed by atoms with Gasteiger partial charge in [0.15, 0.2) is 5.78 Å². The van der Waals surface area contributed by atoms with E-state index in [1.807, 2.05) is 13.0 Å². The zero-order valence-corrected chi connectivity index (χ0v) is 13.4. The molecule has 0 saturated heterocycles. The van der Waals surface area contributed by atoms with E-state index >= 15 is 0 Å². The number of aromatic nitrogens is 1. The van der Waals surface area contributed by atoms with Gasteiger partial charge in [-0.25, -0.2) is 0 Å². The Hall–Kier alpha value is -0.800. The fourth-order valence-corrected chi connectivity index (χ4v) is 2.42. The number of carbonyl (C=O) groups is 1. The lowest BCUT2D eigenvalue weighted by molar-refractivity contribution is 0.0991. The van der Waals surface area contributed by atoms with Gasteiger partial charge in [-0.2, -0.15) is 0 Å². The van der Waals surface area contributed by atoms with Gasteiger partial charge in [0.25, 0.3) is 0 Å². The van der Waals surface area contributed by atoms with Gasteiger partial charge >= 0.3 is 0 Å². The van der Waals surface area contributed by atoms with E-state index in [0.717, 1.165) is 36.5 Å². The molecule has 0 saturated carbocycles. The van der Waals surface area contributed by atoms with Crippen LogP contribution in [0.1, 0.15) is 41.5 Å². The van der Waals surface area contributed by atoms with Crippen molar-refractivity contribution in [1.82, 2.24) is 9.47 Å². The highest BCUT2D eigenvalue weighted by molar-refractivity contribution is 6.33. The largest absolute Gasteiger partial charge is 0.348 e. The van der Waals surface area contributed by atoms with Gasteiger partial charge < -0.3 is 9.47 Å². The Kier molecular flexibility index (Phi) is 6.08. The number of alkyl halides is 1. The molecule has 1 aromatic rings. The van der Waals surface area contributed by atoms with E-state index in [2.05, 4.69) is 30.5 Å². The predicted molar refractivity (Wildman–Crippen MR) is 81.3 cm³/mol. The van der Waals surface area contributed by atoms with E-state index in [9.17, 15) is 4.79 Å². The number of hydrogen-bond acceptors (Lipinski definition) is 2. The average Bonchev–Trinajstić information content (AvgIpc) is 2.60. The number of ketones is 1. The third-order valence-electron chi connectivity index (χ3n) is 3.44. The minimum Gasteiger partial charge on any atom is -0.348 e. The van der Waals surface area contributed by atoms with E-state index < -0.39 is 5.38 Å². The van der Waals surface area contributed by atoms with Crippen LogP contribution >= 0.6 is 11.6 Å². The summed E-state index contributed by atoms with van der Waals surface area (Å²) in [4.78, 5) is 14.2. The fraction of sp³-hybridized carbons (Fsp3) is 0.667. The summed E-state index contributed by atoms with van der Waals surface area (Å²) in [5.74, 6) is 0.0225. The number of carbonyl (C=O) groups excluding carboxylic acids is 1. The van der Waals surface area contributed by atoms with E-state index in [1.165, 1.54) is 6.42 Å². The second kappa shape index (κ2) is 7.11. The Morgan fingerprint density at radius 3 is 2.53 bits per heavy atom. The molecule has 0 aromatic carbocycles. The molecular formula is C15H25ClN2O. The maximum absolute atomic E-state index is 12.0. The summed E-state index contributed by atoms with van der Waals surface area (Å²) in [7, 11) is 4.18. The molecule has 0 aliphatic carbocycles. The molecule has 0 radical (unpaired) electrons. The van der Waals surface area contributed by atoms with Crippen molar-refractivity contribution in [2.75, 3.05) is 20.6 Å². The summed E-state index contributed by atoms with van der Waals surface area (Å²) in [5, 5.41) is -0.456. The molecule has 1 rings (SSSR count). The monoisotopic (exact) mass is 284 g/mol. The first-order valence-corrected chi connectivity index (χ1v) is 7.28. The van der Waals surface area contributed by atoms with Crippen molar-refractivity contribution in [3.05, 3.63) is 23.0 Å². The summed E-state index contributed by atoms with van der Waals surface area (Å²) in [6.45, 7) is 7.85. The number of unbranched alkanes of at least 4 members (excludes halogenated alkanes) is 1. The lowest BCUT2D eigenvalue weighted by Gasteiger charge is -2.12. The van der Waals surface area contributed by atoms with Crippen LogP contribution in [0.15, 0.2) is 6.07 Å². The quantitative estimate of drug-likeness (QED) is 0.436. The minimum atomic E-state index is -0.456. The summed E-state index contributed by atoms with van der Waals surface area (Å²) in [5.41, 5.74) is 2.95. The highest BCUT2D eigenvalue weighted by Crippen LogP contribution is 2.19. The molecule has 1 aromatic heterocycles. The molecule has 0 aliphatic heterocycles. The number of aryl methyl sites for hydroxylation is 1. The standard InChI is InChI=1S/C15H25ClN2O/c1-11-10-14(15(19)12(2)16)13(3)18(11)9-7-6-8-17(4)5/h10,12H,6-9H2,1-5H3. The van der Waals surface area contributed by atoms with Crippen LogP contribution in [-0.4, -0.2) is 41.3 Å². The van der Waals surface area contributed by atoms with Crippen molar-refractivity contribution in [3.63, 3.8) is 0 Å². The predicted octanol–water partition coefficient (Wildman–Crippen LogP) is 3.26. The number of halogens is 1. The van der Waals surface area contributed by atoms with Crippen LogP contribution in [0.4, 0.5) is 0 Å². The molecule has 1 heterocycles. The SMILES string of the molecule is Cc1cc(C(=O)C(C)Cl)c(C)n1CCCCN(C)C. The first-order valence-electron chi connectivity index (χ1n) is 6.84. The number of Topliss-reactive ketones (excluding diaryl/α,β-unsaturated/α-hetero) is 1. The number of nitrogens with zero attached hydrogens (tertiary/aromatic N) is 2. The Morgan fingerprint density at radius 1 is 1.37 bits per heavy atom. The molecule has 3 nitrogen and oxygen atoms in total. The van der Waals surface area contributed by atoms with E-state index in [-0.39, 0.29) is 5.78 Å². The second-order valence-corrected chi connectivity index (χ2v) is 6.08. The normalized spacial score (nSPS) is 13.0. The van der Waals surface area contributed by atoms with Crippen molar-refractivity contribution in [2.24, 2.45) is 0 Å². The smallest absolute Gasteiger partial charge is 0.182 e. The Morgan fingerprint density at radius 2 is 2.00 bits per heavy atom. The van der Waals surface area contributed by atoms with Crippen molar-refractivity contribution in [1.29, 1.82) is 0 Å². The molecule has 1 unspecified atom stereocenters. The molecular weight excluding hydrogens is 260 g/mol. The van der Waals surface area contributed by atoms with Crippen molar-refractivity contribution in [3.8, 4) is 0 Å². The molecule has 0 spiro atoms. The highest BCUT2D eigenvalue weighted by atomic mass is 35.5. The maximum atomic E-state index is 12.0. The molecule has 4 heteroatoms. The van der Waals surface area contributed by atoms with Gasteiger partial charge in [-0.1, -0.05) is 0 Å². The van der Waals surface area contributed by atoms with Gasteiger partial charge in [0.1, 0.15) is 0 Å². The topological polar surface area (TPSA) is 25.2 Å². The van der Waals surface area contributed by atoms with Crippen molar-refractivity contribution >= 4 is 17.4 Å². The number of rotatable bonds is 7. The summed E-state index contributed by atoms with van der Waals surface area (Å²) in [6, 6.07) is 1.96. The molecule has 0 N–H and O–H groups in total. The Balaban J connectivity index is 2.72. The zero-order valence-electron chi connectivity index (χ0n) is 12.7. The second-order valence-electron chi connectivity index (χ2n) is 5.43. The van der Waals surface area contributed by atoms with Gasteiger partial charge in [-0.15, -0.1) is 11.6 Å². The van der Waals surface area contributed by atoms with Crippen LogP contribution in [-0.2, 0) is 6.54 Å². The molecule has 0 aliphatic rings. The summed E-state index contributed by atoms with van der Waals surface area (Å²) < 4.78 is 2.22. The third kappa shape index (κ3) is 4.36. The van der Waals surface area contributed by atoms with E-state index in [4.69, 9.17) is 11.6 Å². The van der Waals surface area contributed by atoms with Crippen LogP contribution in [0.3, 0.4) is 0 Å². The maximum Gasteiger partial charge on any atom is 0.182 e. The number of hydrogen-bond donors (Lipinski definition) is 0. The third-order valence-corrected chi connectivity index (χ3v) is 3.64. The Bertz CT molecular complexity index is 436. The van der Waals surface area contributed by atoms with Gasteiger partial charge in [0.2, 0.25) is 0 Å². The fourth-order valence-electron chi connectivity index (χ4n) is 2.31. The van der Waals surface area contributed by atoms with Crippen LogP contribution in [0.5, 0.6) is 0 Å². The van der Waals surface area contributed by atoms with Gasteiger partial charge in [0.05, 0.1) is 5.38 Å². The lowest BCUT2D eigenvalue weighted by atomic mass is 10.1. The van der Waals surface area contributed by atoms with Gasteiger partial charge in [0, 0.05) is 23.5 Å².